The summed E-state index contributed by atoms with van der Waals surface area (Å²) in [4.78, 5) is 12.4. The van der Waals surface area contributed by atoms with Crippen LogP contribution in [0.25, 0.3) is 0 Å². The quantitative estimate of drug-likeness (QED) is 0.440. The maximum absolute atomic E-state index is 12.4. The standard InChI is InChI=1S/C23H30O2/c1-5-6-7-19-10-14-22(15-11-19)25-23(24)18(4)21-12-8-20(9-13-21)16-17(2)3/h8-15,17-18H,5-7,16H2,1-4H3. The van der Waals surface area contributed by atoms with Crippen molar-refractivity contribution in [3.8, 4) is 5.75 Å². The van der Waals surface area contributed by atoms with Crippen LogP contribution in [0, 0.1) is 5.92 Å². The summed E-state index contributed by atoms with van der Waals surface area (Å²) < 4.78 is 5.55. The second-order valence-electron chi connectivity index (χ2n) is 7.23. The lowest BCUT2D eigenvalue weighted by molar-refractivity contribution is -0.135. The minimum Gasteiger partial charge on any atom is -0.426 e. The Kier molecular flexibility index (Phi) is 7.24. The monoisotopic (exact) mass is 338 g/mol. The third-order valence-corrected chi connectivity index (χ3v) is 4.44. The van der Waals surface area contributed by atoms with Crippen molar-refractivity contribution in [2.75, 3.05) is 0 Å². The number of carbonyl (C=O) groups excluding carboxylic acids is 1. The Morgan fingerprint density at radius 2 is 1.52 bits per heavy atom. The molecule has 2 aromatic carbocycles. The third-order valence-electron chi connectivity index (χ3n) is 4.44. The first-order chi connectivity index (χ1) is 12.0. The zero-order valence-corrected chi connectivity index (χ0v) is 15.9. The van der Waals surface area contributed by atoms with Crippen LogP contribution in [0.5, 0.6) is 5.75 Å². The third kappa shape index (κ3) is 6.04. The molecule has 0 aromatic heterocycles. The zero-order chi connectivity index (χ0) is 18.2. The maximum atomic E-state index is 12.4. The van der Waals surface area contributed by atoms with Crippen LogP contribution < -0.4 is 4.74 Å². The molecule has 25 heavy (non-hydrogen) atoms. The van der Waals surface area contributed by atoms with Gasteiger partial charge >= 0.3 is 5.97 Å². The Hall–Kier alpha value is -2.09. The van der Waals surface area contributed by atoms with E-state index in [1.54, 1.807) is 0 Å². The van der Waals surface area contributed by atoms with Crippen molar-refractivity contribution in [1.82, 2.24) is 0 Å². The number of carbonyl (C=O) groups is 1. The van der Waals surface area contributed by atoms with Crippen molar-refractivity contribution in [2.45, 2.75) is 59.3 Å². The molecule has 0 radical (unpaired) electrons. The Morgan fingerprint density at radius 3 is 2.08 bits per heavy atom. The SMILES string of the molecule is CCCCc1ccc(OC(=O)C(C)c2ccc(CC(C)C)cc2)cc1. The van der Waals surface area contributed by atoms with Crippen LogP contribution in [0.2, 0.25) is 0 Å². The van der Waals surface area contributed by atoms with E-state index >= 15 is 0 Å². The van der Waals surface area contributed by atoms with Crippen molar-refractivity contribution >= 4 is 5.97 Å². The van der Waals surface area contributed by atoms with Crippen molar-refractivity contribution in [1.29, 1.82) is 0 Å². The predicted octanol–water partition coefficient (Wildman–Crippen LogP) is 5.94. The van der Waals surface area contributed by atoms with E-state index in [1.807, 2.05) is 43.3 Å². The van der Waals surface area contributed by atoms with Crippen LogP contribution in [0.15, 0.2) is 48.5 Å². The van der Waals surface area contributed by atoms with Crippen LogP contribution in [-0.4, -0.2) is 5.97 Å². The fourth-order valence-corrected chi connectivity index (χ4v) is 2.86. The molecule has 0 saturated heterocycles. The summed E-state index contributed by atoms with van der Waals surface area (Å²) in [5.41, 5.74) is 3.59. The van der Waals surface area contributed by atoms with E-state index in [1.165, 1.54) is 24.0 Å². The molecule has 1 atom stereocenters. The Labute approximate surface area is 152 Å². The van der Waals surface area contributed by atoms with Gasteiger partial charge in [0.2, 0.25) is 0 Å². The first-order valence-electron chi connectivity index (χ1n) is 9.39. The van der Waals surface area contributed by atoms with E-state index in [2.05, 4.69) is 32.9 Å². The van der Waals surface area contributed by atoms with Crippen molar-refractivity contribution in [2.24, 2.45) is 5.92 Å². The summed E-state index contributed by atoms with van der Waals surface area (Å²) in [6.07, 6.45) is 4.50. The Bertz CT molecular complexity index is 653. The van der Waals surface area contributed by atoms with Gasteiger partial charge in [0.1, 0.15) is 5.75 Å². The highest BCUT2D eigenvalue weighted by molar-refractivity contribution is 5.79. The number of hydrogen-bond donors (Lipinski definition) is 0. The highest BCUT2D eigenvalue weighted by Gasteiger charge is 2.17. The number of benzene rings is 2. The lowest BCUT2D eigenvalue weighted by Gasteiger charge is -2.13. The van der Waals surface area contributed by atoms with E-state index in [4.69, 9.17) is 4.74 Å². The van der Waals surface area contributed by atoms with Crippen LogP contribution in [0.1, 0.15) is 63.1 Å². The minimum atomic E-state index is -0.270. The van der Waals surface area contributed by atoms with Gasteiger partial charge in [-0.25, -0.2) is 0 Å². The summed E-state index contributed by atoms with van der Waals surface area (Å²) in [5, 5.41) is 0. The van der Waals surface area contributed by atoms with Gasteiger partial charge in [-0.15, -0.1) is 0 Å². The number of esters is 1. The van der Waals surface area contributed by atoms with Gasteiger partial charge in [-0.1, -0.05) is 63.6 Å². The average molecular weight is 338 g/mol. The van der Waals surface area contributed by atoms with E-state index in [9.17, 15) is 4.79 Å². The molecular weight excluding hydrogens is 308 g/mol. The van der Waals surface area contributed by atoms with Gasteiger partial charge in [-0.2, -0.15) is 0 Å². The number of hydrogen-bond acceptors (Lipinski definition) is 2. The van der Waals surface area contributed by atoms with Crippen molar-refractivity contribution in [3.63, 3.8) is 0 Å². The highest BCUT2D eigenvalue weighted by Crippen LogP contribution is 2.21. The molecule has 0 heterocycles. The molecule has 0 N–H and O–H groups in total. The van der Waals surface area contributed by atoms with Gasteiger partial charge in [-0.05, 0) is 60.9 Å². The summed E-state index contributed by atoms with van der Waals surface area (Å²) in [6.45, 7) is 8.51. The van der Waals surface area contributed by atoms with Crippen LogP contribution in [-0.2, 0) is 17.6 Å². The molecule has 1 unspecified atom stereocenters. The Morgan fingerprint density at radius 1 is 0.920 bits per heavy atom. The average Bonchev–Trinajstić information content (AvgIpc) is 2.60. The molecule has 2 aromatic rings. The second kappa shape index (κ2) is 9.41. The molecule has 0 aliphatic carbocycles. The smallest absolute Gasteiger partial charge is 0.318 e. The number of aryl methyl sites for hydroxylation is 1. The number of rotatable bonds is 8. The molecule has 134 valence electrons. The summed E-state index contributed by atoms with van der Waals surface area (Å²) >= 11 is 0. The van der Waals surface area contributed by atoms with Gasteiger partial charge in [0, 0.05) is 0 Å². The van der Waals surface area contributed by atoms with E-state index < -0.39 is 0 Å². The Balaban J connectivity index is 1.95. The summed E-state index contributed by atoms with van der Waals surface area (Å²) in [6, 6.07) is 16.2. The molecule has 0 bridgehead atoms. The number of unbranched alkanes of at least 4 members (excludes halogenated alkanes) is 1. The summed E-state index contributed by atoms with van der Waals surface area (Å²) in [5.74, 6) is 0.771. The van der Waals surface area contributed by atoms with Crippen LogP contribution >= 0.6 is 0 Å². The molecule has 0 aliphatic rings. The lowest BCUT2D eigenvalue weighted by Crippen LogP contribution is -2.16. The van der Waals surface area contributed by atoms with Crippen molar-refractivity contribution < 1.29 is 9.53 Å². The highest BCUT2D eigenvalue weighted by atomic mass is 16.5. The molecule has 0 aliphatic heterocycles. The first-order valence-corrected chi connectivity index (χ1v) is 9.39. The topological polar surface area (TPSA) is 26.3 Å². The van der Waals surface area contributed by atoms with E-state index in [-0.39, 0.29) is 11.9 Å². The zero-order valence-electron chi connectivity index (χ0n) is 15.9. The fraction of sp³-hybridized carbons (Fsp3) is 0.435. The predicted molar refractivity (Wildman–Crippen MR) is 104 cm³/mol. The van der Waals surface area contributed by atoms with Crippen molar-refractivity contribution in [3.05, 3.63) is 65.2 Å². The van der Waals surface area contributed by atoms with Gasteiger partial charge in [0.15, 0.2) is 0 Å². The molecular formula is C23H30O2. The lowest BCUT2D eigenvalue weighted by atomic mass is 9.97. The number of ether oxygens (including phenoxy) is 1. The molecule has 2 rings (SSSR count). The molecule has 0 spiro atoms. The largest absolute Gasteiger partial charge is 0.426 e. The minimum absolute atomic E-state index is 0.210. The molecule has 2 heteroatoms. The van der Waals surface area contributed by atoms with Gasteiger partial charge in [0.25, 0.3) is 0 Å². The molecule has 0 amide bonds. The fourth-order valence-electron chi connectivity index (χ4n) is 2.86. The normalized spacial score (nSPS) is 12.2. The van der Waals surface area contributed by atoms with Crippen LogP contribution in [0.4, 0.5) is 0 Å². The van der Waals surface area contributed by atoms with E-state index in [0.29, 0.717) is 11.7 Å². The molecule has 2 nitrogen and oxygen atoms in total. The maximum Gasteiger partial charge on any atom is 0.318 e. The van der Waals surface area contributed by atoms with Gasteiger partial charge < -0.3 is 4.74 Å². The molecule has 0 fully saturated rings. The van der Waals surface area contributed by atoms with Gasteiger partial charge in [-0.3, -0.25) is 4.79 Å². The first kappa shape index (κ1) is 19.2. The van der Waals surface area contributed by atoms with Gasteiger partial charge in [0.05, 0.1) is 5.92 Å². The summed E-state index contributed by atoms with van der Waals surface area (Å²) in [7, 11) is 0. The van der Waals surface area contributed by atoms with Crippen LogP contribution in [0.3, 0.4) is 0 Å². The molecule has 0 saturated carbocycles. The second-order valence-corrected chi connectivity index (χ2v) is 7.23. The van der Waals surface area contributed by atoms with E-state index in [0.717, 1.165) is 18.4 Å².